The van der Waals surface area contributed by atoms with Crippen LogP contribution in [-0.2, 0) is 9.59 Å². The van der Waals surface area contributed by atoms with E-state index in [0.29, 0.717) is 57.3 Å². The number of carbonyl (C=O) groups is 2. The van der Waals surface area contributed by atoms with Crippen LogP contribution in [0.4, 0.5) is 10.1 Å². The molecule has 2 aliphatic heterocycles. The molecule has 0 aromatic heterocycles. The van der Waals surface area contributed by atoms with Gasteiger partial charge in [-0.2, -0.15) is 0 Å². The number of benzene rings is 1. The number of anilines is 1. The number of nitrogens with zero attached hydrogens (tertiary/aromatic N) is 3. The zero-order chi connectivity index (χ0) is 18.0. The van der Waals surface area contributed by atoms with Crippen molar-refractivity contribution in [1.82, 2.24) is 9.80 Å². The van der Waals surface area contributed by atoms with Crippen LogP contribution in [0.25, 0.3) is 0 Å². The van der Waals surface area contributed by atoms with Crippen molar-refractivity contribution in [2.75, 3.05) is 44.2 Å². The van der Waals surface area contributed by atoms with E-state index in [-0.39, 0.29) is 23.5 Å². The van der Waals surface area contributed by atoms with E-state index < -0.39 is 0 Å². The second kappa shape index (κ2) is 7.42. The monoisotopic (exact) mass is 347 g/mol. The van der Waals surface area contributed by atoms with Crippen LogP contribution in [0.15, 0.2) is 24.3 Å². The molecule has 136 valence electrons. The zero-order valence-electron chi connectivity index (χ0n) is 14.9. The first-order valence-corrected chi connectivity index (χ1v) is 9.01. The van der Waals surface area contributed by atoms with Crippen LogP contribution in [0.5, 0.6) is 0 Å². The van der Waals surface area contributed by atoms with Gasteiger partial charge in [-0.15, -0.1) is 0 Å². The van der Waals surface area contributed by atoms with E-state index in [1.165, 1.54) is 6.07 Å². The Balaban J connectivity index is 1.55. The number of para-hydroxylation sites is 1. The molecule has 5 nitrogen and oxygen atoms in total. The SMILES string of the molecule is CC(C)CN1CC(C(=O)N2CCN(c3ccccc3F)CC2)CC1=O. The normalized spacial score (nSPS) is 21.4. The van der Waals surface area contributed by atoms with Gasteiger partial charge in [-0.3, -0.25) is 9.59 Å². The quantitative estimate of drug-likeness (QED) is 0.837. The van der Waals surface area contributed by atoms with Crippen LogP contribution in [-0.4, -0.2) is 60.9 Å². The molecule has 6 heteroatoms. The van der Waals surface area contributed by atoms with Gasteiger partial charge in [0.25, 0.3) is 0 Å². The van der Waals surface area contributed by atoms with Crippen molar-refractivity contribution in [2.24, 2.45) is 11.8 Å². The molecule has 2 heterocycles. The van der Waals surface area contributed by atoms with Gasteiger partial charge in [0.2, 0.25) is 11.8 Å². The van der Waals surface area contributed by atoms with Crippen molar-refractivity contribution in [1.29, 1.82) is 0 Å². The minimum absolute atomic E-state index is 0.0628. The van der Waals surface area contributed by atoms with Crippen LogP contribution >= 0.6 is 0 Å². The van der Waals surface area contributed by atoms with E-state index in [9.17, 15) is 14.0 Å². The summed E-state index contributed by atoms with van der Waals surface area (Å²) in [5, 5.41) is 0. The lowest BCUT2D eigenvalue weighted by atomic mass is 10.1. The first-order valence-electron chi connectivity index (χ1n) is 9.01. The predicted octanol–water partition coefficient (Wildman–Crippen LogP) is 1.98. The van der Waals surface area contributed by atoms with Crippen molar-refractivity contribution >= 4 is 17.5 Å². The minimum atomic E-state index is -0.230. The summed E-state index contributed by atoms with van der Waals surface area (Å²) in [5.41, 5.74) is 0.591. The molecule has 2 saturated heterocycles. The zero-order valence-corrected chi connectivity index (χ0v) is 14.9. The number of hydrogen-bond acceptors (Lipinski definition) is 3. The Bertz CT molecular complexity index is 641. The highest BCUT2D eigenvalue weighted by Crippen LogP contribution is 2.24. The van der Waals surface area contributed by atoms with Crippen molar-refractivity contribution in [2.45, 2.75) is 20.3 Å². The molecule has 1 aromatic carbocycles. The van der Waals surface area contributed by atoms with Gasteiger partial charge in [0.1, 0.15) is 5.82 Å². The Morgan fingerprint density at radius 1 is 1.20 bits per heavy atom. The second-order valence-corrected chi connectivity index (χ2v) is 7.36. The standard InChI is InChI=1S/C19H26FN3O2/c1-14(2)12-23-13-15(11-18(23)24)19(25)22-9-7-21(8-10-22)17-6-4-3-5-16(17)20/h3-6,14-15H,7-13H2,1-2H3. The number of carbonyl (C=O) groups excluding carboxylic acids is 2. The molecule has 3 rings (SSSR count). The van der Waals surface area contributed by atoms with Crippen molar-refractivity contribution in [3.05, 3.63) is 30.1 Å². The lowest BCUT2D eigenvalue weighted by molar-refractivity contribution is -0.136. The fourth-order valence-electron chi connectivity index (χ4n) is 3.69. The summed E-state index contributed by atoms with van der Waals surface area (Å²) >= 11 is 0. The van der Waals surface area contributed by atoms with E-state index in [1.54, 1.807) is 12.1 Å². The first-order chi connectivity index (χ1) is 12.0. The van der Waals surface area contributed by atoms with Gasteiger partial charge < -0.3 is 14.7 Å². The van der Waals surface area contributed by atoms with Crippen LogP contribution < -0.4 is 4.90 Å². The molecule has 0 spiro atoms. The smallest absolute Gasteiger partial charge is 0.228 e. The van der Waals surface area contributed by atoms with E-state index >= 15 is 0 Å². The first kappa shape index (κ1) is 17.7. The third-order valence-corrected chi connectivity index (χ3v) is 4.93. The van der Waals surface area contributed by atoms with Gasteiger partial charge in [0.05, 0.1) is 11.6 Å². The van der Waals surface area contributed by atoms with Gasteiger partial charge >= 0.3 is 0 Å². The largest absolute Gasteiger partial charge is 0.366 e. The lowest BCUT2D eigenvalue weighted by Gasteiger charge is -2.37. The van der Waals surface area contributed by atoms with E-state index in [1.807, 2.05) is 20.8 Å². The number of piperazine rings is 1. The molecule has 2 amide bonds. The third-order valence-electron chi connectivity index (χ3n) is 4.93. The molecule has 0 radical (unpaired) electrons. The summed E-state index contributed by atoms with van der Waals surface area (Å²) in [4.78, 5) is 30.4. The Morgan fingerprint density at radius 3 is 2.52 bits per heavy atom. The maximum atomic E-state index is 13.9. The van der Waals surface area contributed by atoms with Crippen LogP contribution in [0, 0.1) is 17.7 Å². The molecular weight excluding hydrogens is 321 g/mol. The molecule has 1 atom stereocenters. The molecule has 0 bridgehead atoms. The Morgan fingerprint density at radius 2 is 1.88 bits per heavy atom. The molecule has 0 N–H and O–H groups in total. The van der Waals surface area contributed by atoms with Crippen molar-refractivity contribution in [3.63, 3.8) is 0 Å². The van der Waals surface area contributed by atoms with Gasteiger partial charge in [-0.05, 0) is 18.1 Å². The number of halogens is 1. The van der Waals surface area contributed by atoms with Gasteiger partial charge in [-0.25, -0.2) is 4.39 Å². The maximum absolute atomic E-state index is 13.9. The van der Waals surface area contributed by atoms with Gasteiger partial charge in [-0.1, -0.05) is 26.0 Å². The average molecular weight is 347 g/mol. The van der Waals surface area contributed by atoms with E-state index in [2.05, 4.69) is 13.8 Å². The van der Waals surface area contributed by atoms with Gasteiger partial charge in [0.15, 0.2) is 0 Å². The second-order valence-electron chi connectivity index (χ2n) is 7.36. The van der Waals surface area contributed by atoms with Crippen molar-refractivity contribution in [3.8, 4) is 0 Å². The van der Waals surface area contributed by atoms with Crippen LogP contribution in [0.1, 0.15) is 20.3 Å². The average Bonchev–Trinajstić information content (AvgIpc) is 2.95. The Kier molecular flexibility index (Phi) is 5.25. The highest BCUT2D eigenvalue weighted by atomic mass is 19.1. The minimum Gasteiger partial charge on any atom is -0.366 e. The summed E-state index contributed by atoms with van der Waals surface area (Å²) in [6.07, 6.45) is 0.319. The Labute approximate surface area is 148 Å². The van der Waals surface area contributed by atoms with Gasteiger partial charge in [0, 0.05) is 45.7 Å². The molecule has 0 aliphatic carbocycles. The summed E-state index contributed by atoms with van der Waals surface area (Å²) in [7, 11) is 0. The summed E-state index contributed by atoms with van der Waals surface area (Å²) < 4.78 is 13.9. The number of rotatable bonds is 4. The topological polar surface area (TPSA) is 43.9 Å². The molecule has 0 saturated carbocycles. The number of amides is 2. The molecule has 1 aromatic rings. The lowest BCUT2D eigenvalue weighted by Crippen LogP contribution is -2.51. The van der Waals surface area contributed by atoms with Crippen molar-refractivity contribution < 1.29 is 14.0 Å². The molecule has 25 heavy (non-hydrogen) atoms. The maximum Gasteiger partial charge on any atom is 0.228 e. The fraction of sp³-hybridized carbons (Fsp3) is 0.579. The Hall–Kier alpha value is -2.11. The molecule has 2 fully saturated rings. The summed E-state index contributed by atoms with van der Waals surface area (Å²) in [6.45, 7) is 7.76. The molecule has 1 unspecified atom stereocenters. The number of likely N-dealkylation sites (tertiary alicyclic amines) is 1. The fourth-order valence-corrected chi connectivity index (χ4v) is 3.69. The molecule has 2 aliphatic rings. The predicted molar refractivity (Wildman–Crippen MR) is 94.7 cm³/mol. The van der Waals surface area contributed by atoms with E-state index in [4.69, 9.17) is 0 Å². The number of hydrogen-bond donors (Lipinski definition) is 0. The summed E-state index contributed by atoms with van der Waals surface area (Å²) in [6, 6.07) is 6.73. The van der Waals surface area contributed by atoms with Crippen LogP contribution in [0.2, 0.25) is 0 Å². The summed E-state index contributed by atoms with van der Waals surface area (Å²) in [5.74, 6) is 0.0891. The third kappa shape index (κ3) is 3.94. The van der Waals surface area contributed by atoms with Crippen LogP contribution in [0.3, 0.4) is 0 Å². The highest BCUT2D eigenvalue weighted by Gasteiger charge is 2.37. The highest BCUT2D eigenvalue weighted by molar-refractivity contribution is 5.89. The van der Waals surface area contributed by atoms with E-state index in [0.717, 1.165) is 0 Å². The molecular formula is C19H26FN3O2.